The molecular weight excluding hydrogens is 284 g/mol. The predicted octanol–water partition coefficient (Wildman–Crippen LogP) is 0.848. The Hall–Kier alpha value is -2.41. The molecule has 3 N–H and O–H groups in total. The van der Waals surface area contributed by atoms with Gasteiger partial charge in [-0.15, -0.1) is 4.99 Å². The number of carbonyl (C=O) groups is 2. The first-order chi connectivity index (χ1) is 10.6. The van der Waals surface area contributed by atoms with E-state index in [1.165, 1.54) is 0 Å². The summed E-state index contributed by atoms with van der Waals surface area (Å²) in [6.45, 7) is 0.976. The first-order valence-electron chi connectivity index (χ1n) is 7.12. The van der Waals surface area contributed by atoms with E-state index in [1.807, 2.05) is 42.3 Å². The fourth-order valence-corrected chi connectivity index (χ4v) is 2.33. The maximum Gasteiger partial charge on any atom is 0.437 e. The molecule has 1 atom stereocenters. The van der Waals surface area contributed by atoms with E-state index in [-0.39, 0.29) is 24.5 Å². The standard InChI is InChI=1S/C15H20N4O3/c1-19-9-5-8-12(19)13(20)17-14(16)18-15(21)22-10-11-6-3-2-4-7-11/h2-4,6-7,12H,5,8-10H2,1H3,(H3,16,17,18,20,21)/t12-/m0/s1. The molecule has 0 aliphatic carbocycles. The van der Waals surface area contributed by atoms with E-state index < -0.39 is 6.09 Å². The molecule has 0 aromatic heterocycles. The van der Waals surface area contributed by atoms with Gasteiger partial charge >= 0.3 is 6.09 Å². The maximum atomic E-state index is 12.0. The smallest absolute Gasteiger partial charge is 0.437 e. The van der Waals surface area contributed by atoms with E-state index in [1.54, 1.807) is 0 Å². The highest BCUT2D eigenvalue weighted by Gasteiger charge is 2.28. The number of guanidine groups is 1. The van der Waals surface area contributed by atoms with Gasteiger partial charge in [0.2, 0.25) is 11.9 Å². The molecule has 7 heteroatoms. The first kappa shape index (κ1) is 16.0. The summed E-state index contributed by atoms with van der Waals surface area (Å²) in [6.07, 6.45) is 0.903. The van der Waals surface area contributed by atoms with Crippen LogP contribution in [0.15, 0.2) is 35.3 Å². The summed E-state index contributed by atoms with van der Waals surface area (Å²) in [6, 6.07) is 9.00. The number of likely N-dealkylation sites (tertiary alicyclic amines) is 1. The van der Waals surface area contributed by atoms with Crippen molar-refractivity contribution in [2.45, 2.75) is 25.5 Å². The quantitative estimate of drug-likeness (QED) is 0.637. The number of amides is 2. The van der Waals surface area contributed by atoms with Gasteiger partial charge in [-0.05, 0) is 32.0 Å². The van der Waals surface area contributed by atoms with Crippen LogP contribution in [-0.2, 0) is 16.1 Å². The third kappa shape index (κ3) is 4.56. The van der Waals surface area contributed by atoms with Crippen molar-refractivity contribution >= 4 is 18.0 Å². The van der Waals surface area contributed by atoms with Crippen LogP contribution in [0.1, 0.15) is 18.4 Å². The molecule has 1 heterocycles. The number of nitrogens with one attached hydrogen (secondary N) is 1. The van der Waals surface area contributed by atoms with Gasteiger partial charge in [-0.2, -0.15) is 0 Å². The second kappa shape index (κ2) is 7.56. The highest BCUT2D eigenvalue weighted by atomic mass is 16.5. The van der Waals surface area contributed by atoms with Crippen molar-refractivity contribution in [3.8, 4) is 0 Å². The Balaban J connectivity index is 1.80. The van der Waals surface area contributed by atoms with Gasteiger partial charge in [0, 0.05) is 0 Å². The molecule has 0 bridgehead atoms. The van der Waals surface area contributed by atoms with Gasteiger partial charge in [0.05, 0.1) is 6.04 Å². The van der Waals surface area contributed by atoms with Crippen molar-refractivity contribution in [2.24, 2.45) is 10.7 Å². The van der Waals surface area contributed by atoms with Crippen molar-refractivity contribution in [3.63, 3.8) is 0 Å². The van der Waals surface area contributed by atoms with Crippen LogP contribution in [-0.4, -0.2) is 42.5 Å². The van der Waals surface area contributed by atoms with Crippen molar-refractivity contribution in [1.29, 1.82) is 0 Å². The summed E-state index contributed by atoms with van der Waals surface area (Å²) in [4.78, 5) is 29.0. The third-order valence-electron chi connectivity index (χ3n) is 3.49. The Morgan fingerprint density at radius 2 is 2.14 bits per heavy atom. The molecule has 1 saturated heterocycles. The van der Waals surface area contributed by atoms with Crippen LogP contribution < -0.4 is 11.1 Å². The van der Waals surface area contributed by atoms with E-state index in [9.17, 15) is 9.59 Å². The summed E-state index contributed by atoms with van der Waals surface area (Å²) < 4.78 is 4.96. The molecule has 0 radical (unpaired) electrons. The molecule has 0 spiro atoms. The molecule has 1 aliphatic heterocycles. The van der Waals surface area contributed by atoms with Gasteiger partial charge < -0.3 is 10.5 Å². The summed E-state index contributed by atoms with van der Waals surface area (Å²) in [5.41, 5.74) is 6.40. The van der Waals surface area contributed by atoms with Crippen molar-refractivity contribution in [2.75, 3.05) is 13.6 Å². The summed E-state index contributed by atoms with van der Waals surface area (Å²) >= 11 is 0. The Labute approximate surface area is 129 Å². The van der Waals surface area contributed by atoms with Crippen LogP contribution in [0.25, 0.3) is 0 Å². The Bertz CT molecular complexity index is 559. The molecule has 0 unspecified atom stereocenters. The van der Waals surface area contributed by atoms with E-state index in [4.69, 9.17) is 10.5 Å². The van der Waals surface area contributed by atoms with Gasteiger partial charge in [-0.1, -0.05) is 30.3 Å². The monoisotopic (exact) mass is 304 g/mol. The lowest BCUT2D eigenvalue weighted by Gasteiger charge is -2.17. The molecule has 1 aromatic carbocycles. The topological polar surface area (TPSA) is 97.0 Å². The zero-order chi connectivity index (χ0) is 15.9. The number of hydrogen-bond acceptors (Lipinski definition) is 4. The second-order valence-electron chi connectivity index (χ2n) is 5.17. The molecular formula is C15H20N4O3. The zero-order valence-electron chi connectivity index (χ0n) is 12.5. The lowest BCUT2D eigenvalue weighted by molar-refractivity contribution is -0.123. The SMILES string of the molecule is CN1CCC[C@H]1C(=O)NC(N)=NC(=O)OCc1ccccc1. The van der Waals surface area contributed by atoms with E-state index in [0.717, 1.165) is 24.9 Å². The number of hydrogen-bond donors (Lipinski definition) is 2. The fraction of sp³-hybridized carbons (Fsp3) is 0.400. The third-order valence-corrected chi connectivity index (χ3v) is 3.49. The molecule has 1 aromatic rings. The van der Waals surface area contributed by atoms with Crippen molar-refractivity contribution in [1.82, 2.24) is 10.2 Å². The van der Waals surface area contributed by atoms with Crippen LogP contribution in [0.4, 0.5) is 4.79 Å². The maximum absolute atomic E-state index is 12.0. The summed E-state index contributed by atoms with van der Waals surface area (Å²) in [7, 11) is 1.87. The lowest BCUT2D eigenvalue weighted by Crippen LogP contribution is -2.46. The summed E-state index contributed by atoms with van der Waals surface area (Å²) in [5.74, 6) is -0.500. The molecule has 118 valence electrons. The number of ether oxygens (including phenoxy) is 1. The number of aliphatic imine (C=N–C) groups is 1. The van der Waals surface area contributed by atoms with Crippen LogP contribution in [0.5, 0.6) is 0 Å². The Morgan fingerprint density at radius 3 is 2.77 bits per heavy atom. The number of benzene rings is 1. The number of nitrogens with zero attached hydrogens (tertiary/aromatic N) is 2. The highest BCUT2D eigenvalue weighted by Crippen LogP contribution is 2.14. The van der Waals surface area contributed by atoms with Crippen LogP contribution in [0.3, 0.4) is 0 Å². The number of rotatable bonds is 3. The number of carbonyl (C=O) groups excluding carboxylic acids is 2. The number of likely N-dealkylation sites (N-methyl/N-ethyl adjacent to an activating group) is 1. The lowest BCUT2D eigenvalue weighted by atomic mass is 10.2. The molecule has 1 fully saturated rings. The zero-order valence-corrected chi connectivity index (χ0v) is 12.5. The van der Waals surface area contributed by atoms with Gasteiger partial charge in [0.25, 0.3) is 0 Å². The second-order valence-corrected chi connectivity index (χ2v) is 5.17. The minimum absolute atomic E-state index is 0.107. The Morgan fingerprint density at radius 1 is 1.41 bits per heavy atom. The summed E-state index contributed by atoms with van der Waals surface area (Å²) in [5, 5.41) is 2.43. The largest absolute Gasteiger partial charge is 0.443 e. The van der Waals surface area contributed by atoms with Gasteiger partial charge in [0.15, 0.2) is 0 Å². The van der Waals surface area contributed by atoms with E-state index in [2.05, 4.69) is 10.3 Å². The molecule has 22 heavy (non-hydrogen) atoms. The molecule has 2 amide bonds. The van der Waals surface area contributed by atoms with E-state index >= 15 is 0 Å². The Kier molecular flexibility index (Phi) is 5.48. The minimum atomic E-state index is -0.832. The van der Waals surface area contributed by atoms with Crippen molar-refractivity contribution < 1.29 is 14.3 Å². The van der Waals surface area contributed by atoms with Gasteiger partial charge in [-0.3, -0.25) is 15.0 Å². The average molecular weight is 304 g/mol. The molecule has 2 rings (SSSR count). The fourth-order valence-electron chi connectivity index (χ4n) is 2.33. The average Bonchev–Trinajstić information content (AvgIpc) is 2.92. The number of nitrogens with two attached hydrogens (primary N) is 1. The molecule has 7 nitrogen and oxygen atoms in total. The van der Waals surface area contributed by atoms with Crippen molar-refractivity contribution in [3.05, 3.63) is 35.9 Å². The molecule has 0 saturated carbocycles. The minimum Gasteiger partial charge on any atom is -0.443 e. The normalized spacial score (nSPS) is 19.0. The van der Waals surface area contributed by atoms with Gasteiger partial charge in [0.1, 0.15) is 6.61 Å². The predicted molar refractivity (Wildman–Crippen MR) is 82.0 cm³/mol. The first-order valence-corrected chi connectivity index (χ1v) is 7.12. The van der Waals surface area contributed by atoms with Gasteiger partial charge in [-0.25, -0.2) is 4.79 Å². The molecule has 1 aliphatic rings. The van der Waals surface area contributed by atoms with Crippen LogP contribution in [0.2, 0.25) is 0 Å². The van der Waals surface area contributed by atoms with E-state index in [0.29, 0.717) is 0 Å². The van der Waals surface area contributed by atoms with Crippen LogP contribution >= 0.6 is 0 Å². The van der Waals surface area contributed by atoms with Crippen LogP contribution in [0, 0.1) is 0 Å². The highest BCUT2D eigenvalue weighted by molar-refractivity contribution is 6.01.